The number of hydrogen-bond donors (Lipinski definition) is 3. The van der Waals surface area contributed by atoms with E-state index in [1.54, 1.807) is 12.4 Å². The van der Waals surface area contributed by atoms with Crippen molar-refractivity contribution in [1.29, 1.82) is 0 Å². The second-order valence-electron chi connectivity index (χ2n) is 7.27. The topological polar surface area (TPSA) is 121 Å². The van der Waals surface area contributed by atoms with Gasteiger partial charge in [-0.25, -0.2) is 9.97 Å². The highest BCUT2D eigenvalue weighted by atomic mass is 16.5. The van der Waals surface area contributed by atoms with Gasteiger partial charge in [0.25, 0.3) is 5.56 Å². The molecule has 4 aromatic rings. The lowest BCUT2D eigenvalue weighted by molar-refractivity contribution is 0.122. The minimum atomic E-state index is -0.245. The monoisotopic (exact) mass is 433 g/mol. The van der Waals surface area contributed by atoms with Gasteiger partial charge >= 0.3 is 0 Å². The molecule has 32 heavy (non-hydrogen) atoms. The molecule has 1 saturated heterocycles. The maximum absolute atomic E-state index is 11.8. The Kier molecular flexibility index (Phi) is 5.42. The molecule has 4 heterocycles. The minimum Gasteiger partial charge on any atom is -0.479 e. The van der Waals surface area contributed by atoms with Gasteiger partial charge in [-0.15, -0.1) is 0 Å². The number of aromatic nitrogens is 5. The Morgan fingerprint density at radius 1 is 1.12 bits per heavy atom. The molecule has 0 unspecified atom stereocenters. The summed E-state index contributed by atoms with van der Waals surface area (Å²) in [5.74, 6) is 0.753. The van der Waals surface area contributed by atoms with Crippen LogP contribution in [0.15, 0.2) is 47.5 Å². The maximum Gasteiger partial charge on any atom is 0.250 e. The van der Waals surface area contributed by atoms with Crippen molar-refractivity contribution in [3.63, 3.8) is 0 Å². The fourth-order valence-corrected chi connectivity index (χ4v) is 3.69. The zero-order valence-electron chi connectivity index (χ0n) is 17.6. The van der Waals surface area contributed by atoms with E-state index in [2.05, 4.69) is 42.3 Å². The molecule has 164 valence electrons. The Morgan fingerprint density at radius 2 is 1.94 bits per heavy atom. The molecule has 0 spiro atoms. The second kappa shape index (κ2) is 8.67. The molecule has 3 N–H and O–H groups in total. The van der Waals surface area contributed by atoms with E-state index in [0.717, 1.165) is 37.7 Å². The van der Waals surface area contributed by atoms with Gasteiger partial charge in [-0.1, -0.05) is 0 Å². The maximum atomic E-state index is 11.8. The van der Waals surface area contributed by atoms with Gasteiger partial charge in [0.1, 0.15) is 11.2 Å². The van der Waals surface area contributed by atoms with Gasteiger partial charge < -0.3 is 24.7 Å². The normalized spacial score (nSPS) is 14.0. The van der Waals surface area contributed by atoms with Crippen molar-refractivity contribution in [2.75, 3.05) is 43.1 Å². The van der Waals surface area contributed by atoms with E-state index in [9.17, 15) is 4.79 Å². The van der Waals surface area contributed by atoms with E-state index in [-0.39, 0.29) is 5.56 Å². The van der Waals surface area contributed by atoms with Crippen molar-refractivity contribution >= 4 is 28.5 Å². The first-order chi connectivity index (χ1) is 15.7. The summed E-state index contributed by atoms with van der Waals surface area (Å²) in [5.41, 5.74) is 4.16. The average Bonchev–Trinajstić information content (AvgIpc) is 3.29. The third-order valence-corrected chi connectivity index (χ3v) is 5.21. The molecule has 5 rings (SSSR count). The second-order valence-corrected chi connectivity index (χ2v) is 7.27. The van der Waals surface area contributed by atoms with Crippen LogP contribution in [0.5, 0.6) is 5.88 Å². The van der Waals surface area contributed by atoms with Crippen LogP contribution < -0.4 is 20.5 Å². The number of pyridine rings is 1. The van der Waals surface area contributed by atoms with Crippen molar-refractivity contribution < 1.29 is 9.47 Å². The molecule has 0 saturated carbocycles. The quantitative estimate of drug-likeness (QED) is 0.424. The predicted molar refractivity (Wildman–Crippen MR) is 122 cm³/mol. The Hall–Kier alpha value is -3.92. The number of hydrogen-bond acceptors (Lipinski definition) is 8. The smallest absolute Gasteiger partial charge is 0.250 e. The van der Waals surface area contributed by atoms with Crippen LogP contribution in [0.3, 0.4) is 0 Å². The van der Waals surface area contributed by atoms with E-state index >= 15 is 0 Å². The van der Waals surface area contributed by atoms with Crippen LogP contribution in [0.4, 0.5) is 17.3 Å². The SMILES string of the molecule is CCOc1[nH]c(=O)ccc1-c1nc(Nc2ccc(N3CCOCC3)cc2)nc2nc[nH]c12. The molecule has 1 fully saturated rings. The Bertz CT molecular complexity index is 1280. The summed E-state index contributed by atoms with van der Waals surface area (Å²) in [6, 6.07) is 11.3. The van der Waals surface area contributed by atoms with Gasteiger partial charge in [0.15, 0.2) is 5.65 Å². The first-order valence-electron chi connectivity index (χ1n) is 10.5. The molecule has 0 amide bonds. The summed E-state index contributed by atoms with van der Waals surface area (Å²) in [5, 5.41) is 3.26. The first kappa shape index (κ1) is 20.0. The van der Waals surface area contributed by atoms with Gasteiger partial charge in [0.05, 0.1) is 31.7 Å². The fraction of sp³-hybridized carbons (Fsp3) is 0.273. The molecule has 3 aromatic heterocycles. The molecule has 0 radical (unpaired) electrons. The largest absolute Gasteiger partial charge is 0.479 e. The van der Waals surface area contributed by atoms with Crippen LogP contribution in [0, 0.1) is 0 Å². The van der Waals surface area contributed by atoms with Crippen LogP contribution in [0.2, 0.25) is 0 Å². The molecular weight excluding hydrogens is 410 g/mol. The summed E-state index contributed by atoms with van der Waals surface area (Å²) < 4.78 is 11.1. The lowest BCUT2D eigenvalue weighted by atomic mass is 10.1. The van der Waals surface area contributed by atoms with Gasteiger partial charge in [-0.3, -0.25) is 9.78 Å². The summed E-state index contributed by atoms with van der Waals surface area (Å²) in [4.78, 5) is 33.4. The lowest BCUT2D eigenvalue weighted by Crippen LogP contribution is -2.36. The van der Waals surface area contributed by atoms with E-state index in [4.69, 9.17) is 14.5 Å². The van der Waals surface area contributed by atoms with E-state index in [1.165, 1.54) is 6.07 Å². The Balaban J connectivity index is 1.48. The molecule has 10 heteroatoms. The predicted octanol–water partition coefficient (Wildman–Crippen LogP) is 2.69. The molecule has 1 aliphatic rings. The third-order valence-electron chi connectivity index (χ3n) is 5.21. The van der Waals surface area contributed by atoms with Crippen molar-refractivity contribution in [2.24, 2.45) is 0 Å². The molecule has 10 nitrogen and oxygen atoms in total. The lowest BCUT2D eigenvalue weighted by Gasteiger charge is -2.28. The van der Waals surface area contributed by atoms with Crippen molar-refractivity contribution in [3.8, 4) is 17.1 Å². The Morgan fingerprint density at radius 3 is 2.72 bits per heavy atom. The number of imidazole rings is 1. The van der Waals surface area contributed by atoms with Gasteiger partial charge in [-0.05, 0) is 37.3 Å². The number of H-pyrrole nitrogens is 2. The number of nitrogens with one attached hydrogen (secondary N) is 3. The zero-order valence-corrected chi connectivity index (χ0v) is 17.6. The molecule has 0 aliphatic carbocycles. The third kappa shape index (κ3) is 4.00. The van der Waals surface area contributed by atoms with E-state index in [1.807, 2.05) is 19.1 Å². The van der Waals surface area contributed by atoms with Crippen LogP contribution in [0.1, 0.15) is 6.92 Å². The summed E-state index contributed by atoms with van der Waals surface area (Å²) in [7, 11) is 0. The number of morpholine rings is 1. The summed E-state index contributed by atoms with van der Waals surface area (Å²) in [6.07, 6.45) is 1.57. The standard InChI is InChI=1S/C22H23N7O3/c1-2-32-21-16(7-8-17(30)26-21)18-19-20(24-13-23-19)28-22(27-18)25-14-3-5-15(6-4-14)29-9-11-31-12-10-29/h3-8,13H,2,9-12H2,1H3,(H,26,30)(H2,23,24,25,27,28). The molecule has 1 aromatic carbocycles. The minimum absolute atomic E-state index is 0.245. The molecular formula is C22H23N7O3. The van der Waals surface area contributed by atoms with E-state index in [0.29, 0.717) is 40.9 Å². The van der Waals surface area contributed by atoms with Crippen molar-refractivity contribution in [1.82, 2.24) is 24.9 Å². The van der Waals surface area contributed by atoms with E-state index < -0.39 is 0 Å². The van der Waals surface area contributed by atoms with Crippen molar-refractivity contribution in [3.05, 3.63) is 53.1 Å². The fourth-order valence-electron chi connectivity index (χ4n) is 3.69. The molecule has 0 bridgehead atoms. The number of anilines is 3. The van der Waals surface area contributed by atoms with Crippen molar-refractivity contribution in [2.45, 2.75) is 6.92 Å². The number of benzene rings is 1. The highest BCUT2D eigenvalue weighted by Gasteiger charge is 2.17. The first-order valence-corrected chi connectivity index (χ1v) is 10.5. The molecule has 1 aliphatic heterocycles. The highest BCUT2D eigenvalue weighted by Crippen LogP contribution is 2.31. The highest BCUT2D eigenvalue weighted by molar-refractivity contribution is 5.89. The summed E-state index contributed by atoms with van der Waals surface area (Å²) >= 11 is 0. The van der Waals surface area contributed by atoms with Crippen LogP contribution in [-0.2, 0) is 4.74 Å². The van der Waals surface area contributed by atoms with Crippen LogP contribution in [-0.4, -0.2) is 57.8 Å². The Labute approximate surface area is 183 Å². The van der Waals surface area contributed by atoms with Gasteiger partial charge in [-0.2, -0.15) is 4.98 Å². The van der Waals surface area contributed by atoms with Crippen LogP contribution >= 0.6 is 0 Å². The summed E-state index contributed by atoms with van der Waals surface area (Å²) in [6.45, 7) is 5.52. The number of ether oxygens (including phenoxy) is 2. The number of nitrogens with zero attached hydrogens (tertiary/aromatic N) is 4. The zero-order chi connectivity index (χ0) is 21.9. The average molecular weight is 433 g/mol. The van der Waals surface area contributed by atoms with Crippen LogP contribution in [0.25, 0.3) is 22.4 Å². The number of aromatic amines is 2. The number of fused-ring (bicyclic) bond motifs is 1. The number of rotatable bonds is 6. The van der Waals surface area contributed by atoms with Gasteiger partial charge in [0.2, 0.25) is 11.8 Å². The van der Waals surface area contributed by atoms with Gasteiger partial charge in [0, 0.05) is 30.5 Å². The molecule has 0 atom stereocenters.